The van der Waals surface area contributed by atoms with Crippen LogP contribution in [0.3, 0.4) is 0 Å². The van der Waals surface area contributed by atoms with Crippen molar-refractivity contribution in [3.8, 4) is 16.9 Å². The fourth-order valence-electron chi connectivity index (χ4n) is 4.30. The molecule has 1 heterocycles. The second-order valence-corrected chi connectivity index (χ2v) is 8.50. The lowest BCUT2D eigenvalue weighted by Crippen LogP contribution is -2.15. The molecule has 3 aromatic carbocycles. The summed E-state index contributed by atoms with van der Waals surface area (Å²) in [7, 11) is 0. The van der Waals surface area contributed by atoms with E-state index >= 15 is 0 Å². The molecule has 1 aliphatic carbocycles. The number of hydrogen-bond donors (Lipinski definition) is 2. The Bertz CT molecular complexity index is 1420. The summed E-state index contributed by atoms with van der Waals surface area (Å²) < 4.78 is 1.78. The Morgan fingerprint density at radius 1 is 1.03 bits per heavy atom. The standard InChI is InChI=1S/C26H21ClN4O2/c1-15-5-4-6-18(13-15)31-24-20(23(30-31)25(28)32)12-10-16-9-11-17(14-21(16)24)29-26(33)19-7-2-3-8-22(19)27/h2-9,11,13-14H,10,12H2,1H3,(H2,28,32)(H,29,33). The summed E-state index contributed by atoms with van der Waals surface area (Å²) in [5.41, 5.74) is 12.6. The fraction of sp³-hybridized carbons (Fsp3) is 0.115. The van der Waals surface area contributed by atoms with Gasteiger partial charge in [0.05, 0.1) is 22.0 Å². The molecule has 1 aliphatic rings. The molecule has 0 bridgehead atoms. The predicted molar refractivity (Wildman–Crippen MR) is 129 cm³/mol. The lowest BCUT2D eigenvalue weighted by Gasteiger charge is -2.20. The first-order chi connectivity index (χ1) is 15.9. The molecule has 164 valence electrons. The van der Waals surface area contributed by atoms with Gasteiger partial charge in [0.1, 0.15) is 0 Å². The van der Waals surface area contributed by atoms with Crippen LogP contribution < -0.4 is 11.1 Å². The second-order valence-electron chi connectivity index (χ2n) is 8.10. The van der Waals surface area contributed by atoms with Gasteiger partial charge in [-0.2, -0.15) is 5.10 Å². The molecule has 0 aliphatic heterocycles. The normalized spacial score (nSPS) is 12.1. The number of carbonyl (C=O) groups excluding carboxylic acids is 2. The average Bonchev–Trinajstić information content (AvgIpc) is 3.20. The third-order valence-electron chi connectivity index (χ3n) is 5.85. The molecule has 6 nitrogen and oxygen atoms in total. The summed E-state index contributed by atoms with van der Waals surface area (Å²) in [4.78, 5) is 25.0. The first-order valence-corrected chi connectivity index (χ1v) is 11.0. The SMILES string of the molecule is Cc1cccc(-n2nc(C(N)=O)c3c2-c2cc(NC(=O)c4ccccc4Cl)ccc2CC3)c1. The number of fused-ring (bicyclic) bond motifs is 3. The van der Waals surface area contributed by atoms with Crippen molar-refractivity contribution in [2.45, 2.75) is 19.8 Å². The highest BCUT2D eigenvalue weighted by molar-refractivity contribution is 6.34. The highest BCUT2D eigenvalue weighted by atomic mass is 35.5. The van der Waals surface area contributed by atoms with E-state index in [2.05, 4.69) is 10.4 Å². The third kappa shape index (κ3) is 3.79. The number of primary amides is 1. The van der Waals surface area contributed by atoms with Gasteiger partial charge in [0.25, 0.3) is 11.8 Å². The van der Waals surface area contributed by atoms with Crippen molar-refractivity contribution in [2.24, 2.45) is 5.73 Å². The first-order valence-electron chi connectivity index (χ1n) is 10.6. The molecule has 0 saturated carbocycles. The minimum atomic E-state index is -0.552. The van der Waals surface area contributed by atoms with Crippen LogP contribution >= 0.6 is 11.6 Å². The highest BCUT2D eigenvalue weighted by Crippen LogP contribution is 2.38. The Kier molecular flexibility index (Phi) is 5.23. The van der Waals surface area contributed by atoms with Gasteiger partial charge in [-0.3, -0.25) is 9.59 Å². The second kappa shape index (κ2) is 8.22. The number of nitrogens with two attached hydrogens (primary N) is 1. The van der Waals surface area contributed by atoms with Gasteiger partial charge in [-0.25, -0.2) is 4.68 Å². The molecule has 33 heavy (non-hydrogen) atoms. The largest absolute Gasteiger partial charge is 0.364 e. The number of rotatable bonds is 4. The summed E-state index contributed by atoms with van der Waals surface area (Å²) in [5, 5.41) is 7.91. The van der Waals surface area contributed by atoms with E-state index in [9.17, 15) is 9.59 Å². The topological polar surface area (TPSA) is 90.0 Å². The molecule has 3 N–H and O–H groups in total. The van der Waals surface area contributed by atoms with Crippen LogP contribution in [0.5, 0.6) is 0 Å². The summed E-state index contributed by atoms with van der Waals surface area (Å²) in [5.74, 6) is -0.842. The number of halogens is 1. The molecule has 0 spiro atoms. The number of benzene rings is 3. The Balaban J connectivity index is 1.62. The van der Waals surface area contributed by atoms with Crippen LogP contribution in [0.1, 0.15) is 37.5 Å². The van der Waals surface area contributed by atoms with Gasteiger partial charge in [-0.15, -0.1) is 0 Å². The van der Waals surface area contributed by atoms with Crippen molar-refractivity contribution >= 4 is 29.1 Å². The van der Waals surface area contributed by atoms with Gasteiger partial charge in [0.2, 0.25) is 0 Å². The number of nitrogens with zero attached hydrogens (tertiary/aromatic N) is 2. The molecule has 5 rings (SSSR count). The Morgan fingerprint density at radius 2 is 1.85 bits per heavy atom. The molecule has 0 unspecified atom stereocenters. The smallest absolute Gasteiger partial charge is 0.269 e. The third-order valence-corrected chi connectivity index (χ3v) is 6.18. The zero-order valence-corrected chi connectivity index (χ0v) is 18.7. The molecular formula is C26H21ClN4O2. The molecule has 0 atom stereocenters. The van der Waals surface area contributed by atoms with E-state index in [0.29, 0.717) is 22.7 Å². The summed E-state index contributed by atoms with van der Waals surface area (Å²) >= 11 is 6.19. The number of aromatic nitrogens is 2. The number of amides is 2. The minimum absolute atomic E-state index is 0.280. The number of anilines is 1. The zero-order valence-electron chi connectivity index (χ0n) is 17.9. The maximum atomic E-state index is 12.8. The molecule has 0 radical (unpaired) electrons. The predicted octanol–water partition coefficient (Wildman–Crippen LogP) is 4.95. The van der Waals surface area contributed by atoms with Gasteiger partial charge >= 0.3 is 0 Å². The average molecular weight is 457 g/mol. The molecule has 4 aromatic rings. The van der Waals surface area contributed by atoms with Crippen molar-refractivity contribution in [2.75, 3.05) is 5.32 Å². The van der Waals surface area contributed by atoms with E-state index in [4.69, 9.17) is 17.3 Å². The quantitative estimate of drug-likeness (QED) is 0.455. The van der Waals surface area contributed by atoms with E-state index in [-0.39, 0.29) is 11.6 Å². The van der Waals surface area contributed by atoms with Crippen LogP contribution in [-0.2, 0) is 12.8 Å². The Labute approximate surface area is 196 Å². The van der Waals surface area contributed by atoms with E-state index in [1.165, 1.54) is 0 Å². The van der Waals surface area contributed by atoms with Crippen molar-refractivity contribution < 1.29 is 9.59 Å². The Morgan fingerprint density at radius 3 is 2.61 bits per heavy atom. The van der Waals surface area contributed by atoms with Gasteiger partial charge in [0, 0.05) is 16.8 Å². The van der Waals surface area contributed by atoms with Crippen LogP contribution in [0, 0.1) is 6.92 Å². The molecule has 2 amide bonds. The summed E-state index contributed by atoms with van der Waals surface area (Å²) in [6.07, 6.45) is 1.42. The van der Waals surface area contributed by atoms with Crippen molar-refractivity contribution in [3.05, 3.63) is 99.7 Å². The van der Waals surface area contributed by atoms with Crippen LogP contribution in [0.15, 0.2) is 66.7 Å². The number of aryl methyl sites for hydroxylation is 2. The number of carbonyl (C=O) groups is 2. The van der Waals surface area contributed by atoms with Gasteiger partial charge in [-0.1, -0.05) is 41.9 Å². The van der Waals surface area contributed by atoms with Crippen molar-refractivity contribution in [1.29, 1.82) is 0 Å². The van der Waals surface area contributed by atoms with E-state index in [1.54, 1.807) is 28.9 Å². The maximum absolute atomic E-state index is 12.8. The molecule has 7 heteroatoms. The molecule has 0 fully saturated rings. The minimum Gasteiger partial charge on any atom is -0.364 e. The van der Waals surface area contributed by atoms with Gasteiger partial charge < -0.3 is 11.1 Å². The first kappa shape index (κ1) is 21.0. The van der Waals surface area contributed by atoms with Gasteiger partial charge in [0.15, 0.2) is 5.69 Å². The number of hydrogen-bond acceptors (Lipinski definition) is 3. The maximum Gasteiger partial charge on any atom is 0.269 e. The highest BCUT2D eigenvalue weighted by Gasteiger charge is 2.28. The van der Waals surface area contributed by atoms with Crippen LogP contribution in [0.4, 0.5) is 5.69 Å². The fourth-order valence-corrected chi connectivity index (χ4v) is 4.53. The Hall–Kier alpha value is -3.90. The number of nitrogens with one attached hydrogen (secondary N) is 1. The zero-order chi connectivity index (χ0) is 23.1. The molecule has 1 aromatic heterocycles. The summed E-state index contributed by atoms with van der Waals surface area (Å²) in [6, 6.07) is 20.6. The molecule has 0 saturated heterocycles. The van der Waals surface area contributed by atoms with E-state index in [0.717, 1.165) is 40.1 Å². The van der Waals surface area contributed by atoms with E-state index in [1.807, 2.05) is 49.4 Å². The lowest BCUT2D eigenvalue weighted by atomic mass is 9.88. The van der Waals surface area contributed by atoms with Crippen LogP contribution in [0.2, 0.25) is 5.02 Å². The molecular weight excluding hydrogens is 436 g/mol. The van der Waals surface area contributed by atoms with Crippen LogP contribution in [0.25, 0.3) is 16.9 Å². The van der Waals surface area contributed by atoms with Crippen molar-refractivity contribution in [1.82, 2.24) is 9.78 Å². The van der Waals surface area contributed by atoms with E-state index < -0.39 is 5.91 Å². The van der Waals surface area contributed by atoms with Crippen LogP contribution in [-0.4, -0.2) is 21.6 Å². The summed E-state index contributed by atoms with van der Waals surface area (Å²) in [6.45, 7) is 2.00. The monoisotopic (exact) mass is 456 g/mol. The van der Waals surface area contributed by atoms with Crippen molar-refractivity contribution in [3.63, 3.8) is 0 Å². The van der Waals surface area contributed by atoms with Gasteiger partial charge in [-0.05, 0) is 67.3 Å². The lowest BCUT2D eigenvalue weighted by molar-refractivity contribution is 0.0992.